The summed E-state index contributed by atoms with van der Waals surface area (Å²) in [7, 11) is 0. The highest BCUT2D eigenvalue weighted by atomic mass is 79.9. The summed E-state index contributed by atoms with van der Waals surface area (Å²) in [5.74, 6) is 0.429. The van der Waals surface area contributed by atoms with E-state index in [0.717, 1.165) is 30.2 Å². The van der Waals surface area contributed by atoms with E-state index in [1.54, 1.807) is 12.4 Å². The van der Waals surface area contributed by atoms with Crippen molar-refractivity contribution in [3.8, 4) is 0 Å². The largest absolute Gasteiger partial charge is 0.367 e. The first-order valence-electron chi connectivity index (χ1n) is 10.5. The van der Waals surface area contributed by atoms with Crippen LogP contribution in [0.1, 0.15) is 52.5 Å². The number of carbonyl (C=O) groups is 1. The fourth-order valence-electron chi connectivity index (χ4n) is 3.73. The number of rotatable bonds is 6. The van der Waals surface area contributed by atoms with Crippen molar-refractivity contribution in [2.45, 2.75) is 71.5 Å². The molecule has 30 heavy (non-hydrogen) atoms. The van der Waals surface area contributed by atoms with Gasteiger partial charge in [0.2, 0.25) is 5.95 Å². The number of carbonyl (C=O) groups excluding carboxylic acids is 1. The number of aromatic nitrogens is 2. The van der Waals surface area contributed by atoms with Crippen LogP contribution in [0, 0.1) is 5.41 Å². The second-order valence-corrected chi connectivity index (χ2v) is 9.85. The van der Waals surface area contributed by atoms with E-state index in [2.05, 4.69) is 50.3 Å². The molecule has 0 amide bonds. The van der Waals surface area contributed by atoms with E-state index in [-0.39, 0.29) is 24.1 Å². The molecule has 1 fully saturated rings. The Balaban J connectivity index is 1.81. The van der Waals surface area contributed by atoms with Crippen LogP contribution in [0.15, 0.2) is 47.2 Å². The molecule has 7 heteroatoms. The number of hydroxylamine groups is 2. The van der Waals surface area contributed by atoms with Crippen LogP contribution in [-0.2, 0) is 16.1 Å². The topological polar surface area (TPSA) is 67.3 Å². The van der Waals surface area contributed by atoms with Gasteiger partial charge < -0.3 is 10.2 Å². The molecule has 1 aliphatic rings. The van der Waals surface area contributed by atoms with Gasteiger partial charge in [-0.15, -0.1) is 5.06 Å². The van der Waals surface area contributed by atoms with E-state index < -0.39 is 5.41 Å². The molecule has 2 aromatic rings. The minimum Gasteiger partial charge on any atom is -0.367 e. The standard InChI is InChI=1S/C23H31BrN4O2/c1-5-19-12-18(27-22-25-14-17(24)15-26-22)13-20(11-16-9-7-6-8-10-16)28(19)30-21(29)23(2,3)4/h6-10,14-15,18-20H,5,11-13H2,1-4H3,(H,25,26,27). The van der Waals surface area contributed by atoms with Gasteiger partial charge in [0.15, 0.2) is 0 Å². The lowest BCUT2D eigenvalue weighted by Gasteiger charge is -2.44. The Morgan fingerprint density at radius 2 is 1.80 bits per heavy atom. The van der Waals surface area contributed by atoms with Gasteiger partial charge in [-0.2, -0.15) is 0 Å². The van der Waals surface area contributed by atoms with Crippen LogP contribution >= 0.6 is 15.9 Å². The maximum atomic E-state index is 12.7. The maximum Gasteiger partial charge on any atom is 0.330 e. The molecule has 1 aromatic carbocycles. The lowest BCUT2D eigenvalue weighted by molar-refractivity contribution is -0.233. The maximum absolute atomic E-state index is 12.7. The van der Waals surface area contributed by atoms with Gasteiger partial charge in [-0.3, -0.25) is 0 Å². The molecule has 2 heterocycles. The SMILES string of the molecule is CCC1CC(Nc2ncc(Br)cn2)CC(Cc2ccccc2)N1OC(=O)C(C)(C)C. The first-order valence-corrected chi connectivity index (χ1v) is 11.3. The molecule has 0 saturated carbocycles. The minimum atomic E-state index is -0.546. The van der Waals surface area contributed by atoms with Gasteiger partial charge in [-0.05, 0) is 67.9 Å². The van der Waals surface area contributed by atoms with Crippen molar-refractivity contribution in [1.29, 1.82) is 0 Å². The van der Waals surface area contributed by atoms with Crippen LogP contribution in [-0.4, -0.2) is 39.1 Å². The molecular weight excluding hydrogens is 444 g/mol. The lowest BCUT2D eigenvalue weighted by Crippen LogP contribution is -2.54. The average molecular weight is 475 g/mol. The third kappa shape index (κ3) is 6.01. The van der Waals surface area contributed by atoms with E-state index in [1.807, 2.05) is 44.0 Å². The molecule has 1 saturated heterocycles. The highest BCUT2D eigenvalue weighted by Crippen LogP contribution is 2.31. The van der Waals surface area contributed by atoms with Crippen LogP contribution in [0.25, 0.3) is 0 Å². The Morgan fingerprint density at radius 1 is 1.17 bits per heavy atom. The Morgan fingerprint density at radius 3 is 2.40 bits per heavy atom. The van der Waals surface area contributed by atoms with Crippen molar-refractivity contribution in [3.05, 3.63) is 52.8 Å². The molecular formula is C23H31BrN4O2. The van der Waals surface area contributed by atoms with Crippen molar-refractivity contribution in [1.82, 2.24) is 15.0 Å². The fraction of sp³-hybridized carbons (Fsp3) is 0.522. The Hall–Kier alpha value is -1.99. The Kier molecular flexibility index (Phi) is 7.47. The normalized spacial score (nSPS) is 22.5. The second kappa shape index (κ2) is 9.88. The highest BCUT2D eigenvalue weighted by molar-refractivity contribution is 9.10. The molecule has 1 aromatic heterocycles. The van der Waals surface area contributed by atoms with Gasteiger partial charge in [-0.1, -0.05) is 37.3 Å². The zero-order valence-electron chi connectivity index (χ0n) is 18.1. The number of anilines is 1. The molecule has 1 N–H and O–H groups in total. The van der Waals surface area contributed by atoms with Crippen LogP contribution in [0.4, 0.5) is 5.95 Å². The summed E-state index contributed by atoms with van der Waals surface area (Å²) in [5.41, 5.74) is 0.686. The van der Waals surface area contributed by atoms with Crippen molar-refractivity contribution in [3.63, 3.8) is 0 Å². The van der Waals surface area contributed by atoms with E-state index >= 15 is 0 Å². The lowest BCUT2D eigenvalue weighted by atomic mass is 9.88. The molecule has 162 valence electrons. The zero-order chi connectivity index (χ0) is 21.7. The zero-order valence-corrected chi connectivity index (χ0v) is 19.7. The van der Waals surface area contributed by atoms with Crippen molar-refractivity contribution >= 4 is 27.8 Å². The number of nitrogens with one attached hydrogen (secondary N) is 1. The monoisotopic (exact) mass is 474 g/mol. The van der Waals surface area contributed by atoms with Crippen LogP contribution in [0.2, 0.25) is 0 Å². The predicted molar refractivity (Wildman–Crippen MR) is 122 cm³/mol. The molecule has 1 aliphatic heterocycles. The van der Waals surface area contributed by atoms with Crippen molar-refractivity contribution < 1.29 is 9.63 Å². The summed E-state index contributed by atoms with van der Waals surface area (Å²) in [6.45, 7) is 7.81. The number of nitrogens with zero attached hydrogens (tertiary/aromatic N) is 3. The van der Waals surface area contributed by atoms with Gasteiger partial charge in [0.25, 0.3) is 0 Å². The third-order valence-electron chi connectivity index (χ3n) is 5.37. The second-order valence-electron chi connectivity index (χ2n) is 8.93. The molecule has 0 aliphatic carbocycles. The average Bonchev–Trinajstić information content (AvgIpc) is 2.71. The molecule has 0 spiro atoms. The molecule has 3 atom stereocenters. The highest BCUT2D eigenvalue weighted by Gasteiger charge is 2.39. The van der Waals surface area contributed by atoms with Gasteiger partial charge in [0.05, 0.1) is 15.9 Å². The number of hydrogen-bond donors (Lipinski definition) is 1. The van der Waals surface area contributed by atoms with Crippen LogP contribution < -0.4 is 5.32 Å². The summed E-state index contributed by atoms with van der Waals surface area (Å²) in [6.07, 6.45) is 6.89. The van der Waals surface area contributed by atoms with E-state index in [4.69, 9.17) is 4.84 Å². The van der Waals surface area contributed by atoms with Crippen LogP contribution in [0.5, 0.6) is 0 Å². The number of benzene rings is 1. The minimum absolute atomic E-state index is 0.0744. The van der Waals surface area contributed by atoms with Gasteiger partial charge in [0.1, 0.15) is 0 Å². The smallest absolute Gasteiger partial charge is 0.330 e. The number of piperidine rings is 1. The van der Waals surface area contributed by atoms with E-state index in [0.29, 0.717) is 5.95 Å². The number of halogens is 1. The summed E-state index contributed by atoms with van der Waals surface area (Å²) in [4.78, 5) is 27.4. The van der Waals surface area contributed by atoms with Gasteiger partial charge in [-0.25, -0.2) is 14.8 Å². The first-order chi connectivity index (χ1) is 14.3. The van der Waals surface area contributed by atoms with Crippen molar-refractivity contribution in [2.75, 3.05) is 5.32 Å². The molecule has 6 nitrogen and oxygen atoms in total. The molecule has 3 unspecified atom stereocenters. The predicted octanol–water partition coefficient (Wildman–Crippen LogP) is 5.01. The Labute approximate surface area is 187 Å². The summed E-state index contributed by atoms with van der Waals surface area (Å²) in [6, 6.07) is 10.8. The number of hydrogen-bond acceptors (Lipinski definition) is 6. The van der Waals surface area contributed by atoms with E-state index in [1.165, 1.54) is 5.56 Å². The fourth-order valence-corrected chi connectivity index (χ4v) is 3.94. The van der Waals surface area contributed by atoms with Crippen molar-refractivity contribution in [2.24, 2.45) is 5.41 Å². The molecule has 3 rings (SSSR count). The van der Waals surface area contributed by atoms with Crippen LogP contribution in [0.3, 0.4) is 0 Å². The first kappa shape index (κ1) is 22.7. The summed E-state index contributed by atoms with van der Waals surface area (Å²) >= 11 is 3.38. The molecule has 0 bridgehead atoms. The summed E-state index contributed by atoms with van der Waals surface area (Å²) < 4.78 is 0.852. The van der Waals surface area contributed by atoms with Gasteiger partial charge in [0, 0.05) is 24.5 Å². The van der Waals surface area contributed by atoms with E-state index in [9.17, 15) is 4.79 Å². The van der Waals surface area contributed by atoms with Gasteiger partial charge >= 0.3 is 5.97 Å². The third-order valence-corrected chi connectivity index (χ3v) is 5.78. The summed E-state index contributed by atoms with van der Waals surface area (Å²) in [5, 5.41) is 5.44. The quantitative estimate of drug-likeness (QED) is 0.634. The Bertz CT molecular complexity index is 823. The molecule has 0 radical (unpaired) electrons.